The van der Waals surface area contributed by atoms with Gasteiger partial charge in [-0.15, -0.1) is 0 Å². The number of carbonyl (C=O) groups excluding carboxylic acids is 1. The van der Waals surface area contributed by atoms with Crippen LogP contribution in [0.4, 0.5) is 4.39 Å². The number of benzene rings is 2. The summed E-state index contributed by atoms with van der Waals surface area (Å²) >= 11 is 12.0. The van der Waals surface area contributed by atoms with Crippen LogP contribution in [-0.4, -0.2) is 5.78 Å². The molecule has 0 N–H and O–H groups in total. The molecular weight excluding hydrogens is 310 g/mol. The Labute approximate surface area is 133 Å². The fourth-order valence-corrected chi connectivity index (χ4v) is 2.48. The fraction of sp³-hybridized carbons (Fsp3) is 0.235. The molecule has 0 fully saturated rings. The summed E-state index contributed by atoms with van der Waals surface area (Å²) < 4.78 is 13.0. The SMILES string of the molecule is CC(C)(C(=O)Cc1cc(Cl)ccc1Cl)c1ccc(F)cc1. The average Bonchev–Trinajstić information content (AvgIpc) is 2.43. The van der Waals surface area contributed by atoms with Crippen molar-refractivity contribution in [1.29, 1.82) is 0 Å². The van der Waals surface area contributed by atoms with Gasteiger partial charge in [-0.2, -0.15) is 0 Å². The summed E-state index contributed by atoms with van der Waals surface area (Å²) in [5.41, 5.74) is 0.746. The van der Waals surface area contributed by atoms with Crippen LogP contribution in [0.5, 0.6) is 0 Å². The molecule has 0 radical (unpaired) electrons. The summed E-state index contributed by atoms with van der Waals surface area (Å²) in [4.78, 5) is 12.6. The minimum atomic E-state index is -0.723. The van der Waals surface area contributed by atoms with Gasteiger partial charge in [0.1, 0.15) is 11.6 Å². The average molecular weight is 325 g/mol. The highest BCUT2D eigenvalue weighted by Crippen LogP contribution is 2.28. The van der Waals surface area contributed by atoms with Gasteiger partial charge in [0, 0.05) is 21.9 Å². The van der Waals surface area contributed by atoms with Crippen molar-refractivity contribution in [2.45, 2.75) is 25.7 Å². The molecule has 0 aliphatic rings. The van der Waals surface area contributed by atoms with E-state index in [0.29, 0.717) is 15.6 Å². The zero-order chi connectivity index (χ0) is 15.6. The Hall–Kier alpha value is -1.38. The van der Waals surface area contributed by atoms with Crippen molar-refractivity contribution in [3.05, 3.63) is 69.5 Å². The summed E-state index contributed by atoms with van der Waals surface area (Å²) in [5, 5.41) is 1.06. The summed E-state index contributed by atoms with van der Waals surface area (Å²) in [6.07, 6.45) is 0.184. The van der Waals surface area contributed by atoms with E-state index in [1.165, 1.54) is 12.1 Å². The smallest absolute Gasteiger partial charge is 0.147 e. The molecule has 0 amide bonds. The molecule has 0 spiro atoms. The Kier molecular flexibility index (Phi) is 4.70. The minimum Gasteiger partial charge on any atom is -0.298 e. The summed E-state index contributed by atoms with van der Waals surface area (Å²) in [5.74, 6) is -0.321. The molecule has 0 heterocycles. The van der Waals surface area contributed by atoms with Gasteiger partial charge >= 0.3 is 0 Å². The minimum absolute atomic E-state index is 0.00160. The third-order valence-electron chi connectivity index (χ3n) is 3.62. The number of ketones is 1. The highest BCUT2D eigenvalue weighted by Gasteiger charge is 2.29. The van der Waals surface area contributed by atoms with Gasteiger partial charge in [0.05, 0.1) is 0 Å². The third kappa shape index (κ3) is 3.63. The van der Waals surface area contributed by atoms with Crippen molar-refractivity contribution in [1.82, 2.24) is 0 Å². The van der Waals surface area contributed by atoms with Gasteiger partial charge in [-0.1, -0.05) is 35.3 Å². The lowest BCUT2D eigenvalue weighted by Crippen LogP contribution is -2.30. The molecule has 4 heteroatoms. The van der Waals surface area contributed by atoms with Crippen LogP contribution in [0.3, 0.4) is 0 Å². The Morgan fingerprint density at radius 1 is 1.10 bits per heavy atom. The first-order chi connectivity index (χ1) is 9.80. The first-order valence-electron chi connectivity index (χ1n) is 6.54. The predicted molar refractivity (Wildman–Crippen MR) is 84.6 cm³/mol. The molecule has 0 aromatic heterocycles. The maximum Gasteiger partial charge on any atom is 0.147 e. The number of hydrogen-bond acceptors (Lipinski definition) is 1. The predicted octanol–water partition coefficient (Wildman–Crippen LogP) is 5.22. The zero-order valence-electron chi connectivity index (χ0n) is 11.8. The van der Waals surface area contributed by atoms with E-state index in [-0.39, 0.29) is 18.0 Å². The standard InChI is InChI=1S/C17H15Cl2FO/c1-17(2,12-3-6-14(20)7-4-12)16(21)10-11-9-13(18)5-8-15(11)19/h3-9H,10H2,1-2H3. The molecule has 1 nitrogen and oxygen atoms in total. The Morgan fingerprint density at radius 3 is 2.33 bits per heavy atom. The highest BCUT2D eigenvalue weighted by atomic mass is 35.5. The highest BCUT2D eigenvalue weighted by molar-refractivity contribution is 6.33. The maximum atomic E-state index is 13.0. The van der Waals surface area contributed by atoms with Crippen molar-refractivity contribution in [2.75, 3.05) is 0 Å². The molecule has 0 atom stereocenters. The Balaban J connectivity index is 2.26. The molecule has 2 aromatic rings. The Morgan fingerprint density at radius 2 is 1.71 bits per heavy atom. The number of rotatable bonds is 4. The quantitative estimate of drug-likeness (QED) is 0.753. The second-order valence-corrected chi connectivity index (χ2v) is 6.31. The van der Waals surface area contributed by atoms with E-state index in [2.05, 4.69) is 0 Å². The van der Waals surface area contributed by atoms with Crippen LogP contribution in [-0.2, 0) is 16.6 Å². The van der Waals surface area contributed by atoms with Crippen molar-refractivity contribution >= 4 is 29.0 Å². The van der Waals surface area contributed by atoms with Crippen LogP contribution < -0.4 is 0 Å². The second-order valence-electron chi connectivity index (χ2n) is 5.47. The van der Waals surface area contributed by atoms with Crippen LogP contribution >= 0.6 is 23.2 Å². The lowest BCUT2D eigenvalue weighted by molar-refractivity contribution is -0.122. The molecule has 0 unspecified atom stereocenters. The molecule has 21 heavy (non-hydrogen) atoms. The molecule has 0 aliphatic heterocycles. The van der Waals surface area contributed by atoms with Gasteiger partial charge in [-0.05, 0) is 55.3 Å². The first kappa shape index (κ1) is 16.0. The second kappa shape index (κ2) is 6.17. The molecule has 0 saturated carbocycles. The topological polar surface area (TPSA) is 17.1 Å². The van der Waals surface area contributed by atoms with Crippen LogP contribution in [0, 0.1) is 5.82 Å². The van der Waals surface area contributed by atoms with Gasteiger partial charge in [-0.3, -0.25) is 4.79 Å². The van der Waals surface area contributed by atoms with Crippen LogP contribution in [0.25, 0.3) is 0 Å². The maximum absolute atomic E-state index is 13.0. The third-order valence-corrected chi connectivity index (χ3v) is 4.23. The van der Waals surface area contributed by atoms with E-state index in [1.54, 1.807) is 30.3 Å². The molecule has 2 rings (SSSR count). The summed E-state index contributed by atoms with van der Waals surface area (Å²) in [6.45, 7) is 3.64. The van der Waals surface area contributed by atoms with E-state index >= 15 is 0 Å². The monoisotopic (exact) mass is 324 g/mol. The summed E-state index contributed by atoms with van der Waals surface area (Å²) in [7, 11) is 0. The Bertz CT molecular complexity index is 663. The largest absolute Gasteiger partial charge is 0.298 e. The number of halogens is 3. The van der Waals surface area contributed by atoms with Crippen LogP contribution in [0.15, 0.2) is 42.5 Å². The van der Waals surface area contributed by atoms with Gasteiger partial charge in [0.2, 0.25) is 0 Å². The lowest BCUT2D eigenvalue weighted by Gasteiger charge is -2.24. The van der Waals surface area contributed by atoms with Gasteiger partial charge in [0.25, 0.3) is 0 Å². The van der Waals surface area contributed by atoms with E-state index in [9.17, 15) is 9.18 Å². The van der Waals surface area contributed by atoms with E-state index in [0.717, 1.165) is 5.56 Å². The molecule has 0 saturated heterocycles. The van der Waals surface area contributed by atoms with Crippen LogP contribution in [0.1, 0.15) is 25.0 Å². The van der Waals surface area contributed by atoms with Gasteiger partial charge < -0.3 is 0 Å². The zero-order valence-corrected chi connectivity index (χ0v) is 13.3. The van der Waals surface area contributed by atoms with E-state index < -0.39 is 5.41 Å². The summed E-state index contributed by atoms with van der Waals surface area (Å²) in [6, 6.07) is 11.0. The van der Waals surface area contributed by atoms with Crippen molar-refractivity contribution in [3.8, 4) is 0 Å². The van der Waals surface area contributed by atoms with Crippen LogP contribution in [0.2, 0.25) is 10.0 Å². The molecule has 0 aliphatic carbocycles. The number of carbonyl (C=O) groups is 1. The van der Waals surface area contributed by atoms with E-state index in [4.69, 9.17) is 23.2 Å². The van der Waals surface area contributed by atoms with Gasteiger partial charge in [0.15, 0.2) is 0 Å². The fourth-order valence-electron chi connectivity index (χ4n) is 2.10. The molecule has 2 aromatic carbocycles. The van der Waals surface area contributed by atoms with Gasteiger partial charge in [-0.25, -0.2) is 4.39 Å². The molecule has 110 valence electrons. The first-order valence-corrected chi connectivity index (χ1v) is 7.29. The van der Waals surface area contributed by atoms with Crippen molar-refractivity contribution in [3.63, 3.8) is 0 Å². The molecule has 0 bridgehead atoms. The normalized spacial score (nSPS) is 11.5. The number of hydrogen-bond donors (Lipinski definition) is 0. The molecular formula is C17H15Cl2FO. The lowest BCUT2D eigenvalue weighted by atomic mass is 9.78. The number of Topliss-reactive ketones (excluding diaryl/α,β-unsaturated/α-hetero) is 1. The van der Waals surface area contributed by atoms with Crippen molar-refractivity contribution < 1.29 is 9.18 Å². The van der Waals surface area contributed by atoms with E-state index in [1.807, 2.05) is 13.8 Å². The van der Waals surface area contributed by atoms with Crippen molar-refractivity contribution in [2.24, 2.45) is 0 Å².